The first-order valence-corrected chi connectivity index (χ1v) is 7.82. The molecule has 0 radical (unpaired) electrons. The Labute approximate surface area is 138 Å². The quantitative estimate of drug-likeness (QED) is 0.541. The smallest absolute Gasteiger partial charge is 0.182 e. The number of benzene rings is 1. The van der Waals surface area contributed by atoms with E-state index in [4.69, 9.17) is 4.74 Å². The van der Waals surface area contributed by atoms with Crippen molar-refractivity contribution in [3.8, 4) is 22.8 Å². The summed E-state index contributed by atoms with van der Waals surface area (Å²) in [6.45, 7) is 4.26. The topological polar surface area (TPSA) is 74.8 Å². The predicted octanol–water partition coefficient (Wildman–Crippen LogP) is 2.40. The summed E-state index contributed by atoms with van der Waals surface area (Å²) in [6, 6.07) is 5.79. The number of methoxy groups -OCH3 is 1. The van der Waals surface area contributed by atoms with Gasteiger partial charge in [0.25, 0.3) is 0 Å². The van der Waals surface area contributed by atoms with Crippen LogP contribution in [0, 0.1) is 6.92 Å². The van der Waals surface area contributed by atoms with Crippen LogP contribution in [0.15, 0.2) is 24.5 Å². The number of ketones is 1. The van der Waals surface area contributed by atoms with Crippen molar-refractivity contribution < 1.29 is 9.53 Å². The normalized spacial score (nSPS) is 12.1. The first-order valence-electron chi connectivity index (χ1n) is 7.82. The molecule has 1 aliphatic rings. The SMILES string of the molecule is CCC(=O)c1ncn2c1Cn1c(C)nnc1-c1cc(OC)ccc1-2. The molecule has 122 valence electrons. The van der Waals surface area contributed by atoms with E-state index in [1.165, 1.54) is 0 Å². The summed E-state index contributed by atoms with van der Waals surface area (Å²) >= 11 is 0. The Bertz CT molecular complexity index is 954. The Hall–Kier alpha value is -2.96. The van der Waals surface area contributed by atoms with Gasteiger partial charge in [0.2, 0.25) is 0 Å². The third-order valence-corrected chi connectivity index (χ3v) is 4.40. The summed E-state index contributed by atoms with van der Waals surface area (Å²) in [6.07, 6.45) is 2.13. The molecule has 7 heteroatoms. The van der Waals surface area contributed by atoms with E-state index in [1.54, 1.807) is 13.4 Å². The van der Waals surface area contributed by atoms with Crippen LogP contribution in [-0.2, 0) is 6.54 Å². The summed E-state index contributed by atoms with van der Waals surface area (Å²) in [5.41, 5.74) is 3.19. The minimum atomic E-state index is 0.0352. The fraction of sp³-hybridized carbons (Fsp3) is 0.294. The van der Waals surface area contributed by atoms with Crippen molar-refractivity contribution >= 4 is 5.78 Å². The molecule has 0 unspecified atom stereocenters. The molecule has 0 saturated carbocycles. The van der Waals surface area contributed by atoms with Gasteiger partial charge in [0, 0.05) is 12.0 Å². The maximum Gasteiger partial charge on any atom is 0.182 e. The summed E-state index contributed by atoms with van der Waals surface area (Å²) in [4.78, 5) is 16.6. The average molecular weight is 323 g/mol. The maximum absolute atomic E-state index is 12.3. The molecular weight excluding hydrogens is 306 g/mol. The van der Waals surface area contributed by atoms with Crippen LogP contribution in [0.3, 0.4) is 0 Å². The number of imidazole rings is 1. The van der Waals surface area contributed by atoms with Crippen molar-refractivity contribution in [2.45, 2.75) is 26.8 Å². The molecule has 0 fully saturated rings. The molecule has 0 atom stereocenters. The number of hydrogen-bond donors (Lipinski definition) is 0. The average Bonchev–Trinajstić information content (AvgIpc) is 3.15. The zero-order valence-electron chi connectivity index (χ0n) is 13.8. The van der Waals surface area contributed by atoms with Gasteiger partial charge in [-0.1, -0.05) is 6.92 Å². The highest BCUT2D eigenvalue weighted by Crippen LogP contribution is 2.34. The first-order chi connectivity index (χ1) is 11.6. The van der Waals surface area contributed by atoms with Crippen molar-refractivity contribution in [3.05, 3.63) is 41.7 Å². The van der Waals surface area contributed by atoms with E-state index in [2.05, 4.69) is 15.2 Å². The van der Waals surface area contributed by atoms with Crippen LogP contribution in [0.1, 0.15) is 35.4 Å². The van der Waals surface area contributed by atoms with Crippen LogP contribution in [0.25, 0.3) is 17.1 Å². The number of hydrogen-bond acceptors (Lipinski definition) is 5. The van der Waals surface area contributed by atoms with Crippen molar-refractivity contribution in [2.24, 2.45) is 0 Å². The van der Waals surface area contributed by atoms with Gasteiger partial charge < -0.3 is 9.30 Å². The largest absolute Gasteiger partial charge is 0.497 e. The van der Waals surface area contributed by atoms with Crippen LogP contribution in [0.2, 0.25) is 0 Å². The van der Waals surface area contributed by atoms with Crippen LogP contribution >= 0.6 is 0 Å². The van der Waals surface area contributed by atoms with Gasteiger partial charge in [0.15, 0.2) is 11.6 Å². The van der Waals surface area contributed by atoms with Crippen molar-refractivity contribution in [1.82, 2.24) is 24.3 Å². The van der Waals surface area contributed by atoms with Crippen molar-refractivity contribution in [1.29, 1.82) is 0 Å². The monoisotopic (exact) mass is 323 g/mol. The van der Waals surface area contributed by atoms with Gasteiger partial charge >= 0.3 is 0 Å². The van der Waals surface area contributed by atoms with E-state index in [0.29, 0.717) is 18.7 Å². The second-order valence-electron chi connectivity index (χ2n) is 5.73. The van der Waals surface area contributed by atoms with Crippen LogP contribution in [0.4, 0.5) is 0 Å². The third-order valence-electron chi connectivity index (χ3n) is 4.40. The highest BCUT2D eigenvalue weighted by atomic mass is 16.5. The van der Waals surface area contributed by atoms with E-state index >= 15 is 0 Å². The number of carbonyl (C=O) groups excluding carboxylic acids is 1. The highest BCUT2D eigenvalue weighted by Gasteiger charge is 2.26. The van der Waals surface area contributed by atoms with Gasteiger partial charge in [-0.3, -0.25) is 9.36 Å². The van der Waals surface area contributed by atoms with Crippen molar-refractivity contribution in [3.63, 3.8) is 0 Å². The zero-order valence-corrected chi connectivity index (χ0v) is 13.8. The molecule has 7 nitrogen and oxygen atoms in total. The zero-order chi connectivity index (χ0) is 16.8. The van der Waals surface area contributed by atoms with Gasteiger partial charge in [0.1, 0.15) is 23.6 Å². The van der Waals surface area contributed by atoms with Gasteiger partial charge in [-0.15, -0.1) is 10.2 Å². The first kappa shape index (κ1) is 14.6. The number of aromatic nitrogens is 5. The Morgan fingerprint density at radius 2 is 2.17 bits per heavy atom. The Balaban J connectivity index is 2.04. The molecule has 0 saturated heterocycles. The number of nitrogens with zero attached hydrogens (tertiary/aromatic N) is 5. The highest BCUT2D eigenvalue weighted by molar-refractivity contribution is 5.95. The minimum absolute atomic E-state index is 0.0352. The Morgan fingerprint density at radius 1 is 1.33 bits per heavy atom. The van der Waals surface area contributed by atoms with E-state index in [9.17, 15) is 4.79 Å². The summed E-state index contributed by atoms with van der Waals surface area (Å²) in [5.74, 6) is 2.34. The van der Waals surface area contributed by atoms with Crippen molar-refractivity contribution in [2.75, 3.05) is 7.11 Å². The van der Waals surface area contributed by atoms with Gasteiger partial charge in [0.05, 0.1) is 25.0 Å². The van der Waals surface area contributed by atoms with Crippen LogP contribution in [-0.4, -0.2) is 37.2 Å². The van der Waals surface area contributed by atoms with E-state index in [0.717, 1.165) is 34.3 Å². The Morgan fingerprint density at radius 3 is 2.92 bits per heavy atom. The number of rotatable bonds is 3. The van der Waals surface area contributed by atoms with E-state index in [-0.39, 0.29) is 5.78 Å². The maximum atomic E-state index is 12.3. The summed E-state index contributed by atoms with van der Waals surface area (Å²) < 4.78 is 9.32. The molecule has 0 aliphatic carbocycles. The number of fused-ring (bicyclic) bond motifs is 5. The lowest BCUT2D eigenvalue weighted by Gasteiger charge is -2.10. The lowest BCUT2D eigenvalue weighted by Crippen LogP contribution is -2.10. The molecule has 0 bridgehead atoms. The van der Waals surface area contributed by atoms with E-state index in [1.807, 2.05) is 41.2 Å². The fourth-order valence-corrected chi connectivity index (χ4v) is 3.08. The molecule has 24 heavy (non-hydrogen) atoms. The molecule has 3 heterocycles. The number of carbonyl (C=O) groups is 1. The third kappa shape index (κ3) is 1.97. The molecule has 0 amide bonds. The molecule has 0 N–H and O–H groups in total. The second-order valence-corrected chi connectivity index (χ2v) is 5.73. The molecule has 0 spiro atoms. The second kappa shape index (κ2) is 5.30. The molecule has 1 aromatic carbocycles. The van der Waals surface area contributed by atoms with Gasteiger partial charge in [-0.25, -0.2) is 4.98 Å². The lowest BCUT2D eigenvalue weighted by molar-refractivity contribution is 0.0982. The molecule has 2 aromatic heterocycles. The van der Waals surface area contributed by atoms with Gasteiger partial charge in [-0.05, 0) is 25.1 Å². The number of ether oxygens (including phenoxy) is 1. The van der Waals surface area contributed by atoms with E-state index < -0.39 is 0 Å². The number of aryl methyl sites for hydroxylation is 1. The van der Waals surface area contributed by atoms with Gasteiger partial charge in [-0.2, -0.15) is 0 Å². The lowest BCUT2D eigenvalue weighted by atomic mass is 10.1. The van der Waals surface area contributed by atoms with Crippen LogP contribution < -0.4 is 4.74 Å². The molecule has 4 rings (SSSR count). The Kier molecular flexibility index (Phi) is 3.23. The molecule has 1 aliphatic heterocycles. The molecular formula is C17H17N5O2. The summed E-state index contributed by atoms with van der Waals surface area (Å²) in [7, 11) is 1.63. The molecule has 3 aromatic rings. The fourth-order valence-electron chi connectivity index (χ4n) is 3.08. The van der Waals surface area contributed by atoms with Crippen LogP contribution in [0.5, 0.6) is 5.75 Å². The minimum Gasteiger partial charge on any atom is -0.497 e. The standard InChI is InChI=1S/C17H17N5O2/c1-4-15(23)16-14-8-21-10(2)19-20-17(21)12-7-11(24-3)5-6-13(12)22(14)9-18-16/h5-7,9H,4,8H2,1-3H3. The predicted molar refractivity (Wildman–Crippen MR) is 87.6 cm³/mol. The summed E-state index contributed by atoms with van der Waals surface area (Å²) in [5, 5.41) is 8.53. The number of Topliss-reactive ketones (excluding diaryl/α,β-unsaturated/α-hetero) is 1.